The van der Waals surface area contributed by atoms with Crippen molar-refractivity contribution in [3.05, 3.63) is 65.2 Å². The van der Waals surface area contributed by atoms with E-state index in [2.05, 4.69) is 35.6 Å². The number of rotatable bonds is 16. The maximum Gasteiger partial charge on any atom is 0.121 e. The molecule has 0 heterocycles. The maximum atomic E-state index is 9.66. The number of aliphatic hydroxyl groups excluding tert-OH is 2. The van der Waals surface area contributed by atoms with Crippen LogP contribution in [0.1, 0.15) is 61.3 Å². The van der Waals surface area contributed by atoms with Gasteiger partial charge in [-0.15, -0.1) is 0 Å². The molecule has 0 saturated heterocycles. The Morgan fingerprint density at radius 3 is 2.30 bits per heavy atom. The Morgan fingerprint density at radius 1 is 0.833 bits per heavy atom. The quantitative estimate of drug-likeness (QED) is 0.310. The van der Waals surface area contributed by atoms with Crippen molar-refractivity contribution in [3.8, 4) is 5.75 Å². The van der Waals surface area contributed by atoms with Crippen LogP contribution in [0, 0.1) is 0 Å². The molecule has 2 rings (SSSR count). The molecule has 0 saturated carbocycles. The molecule has 0 bridgehead atoms. The lowest BCUT2D eigenvalue weighted by Gasteiger charge is -2.18. The van der Waals surface area contributed by atoms with E-state index in [1.807, 2.05) is 0 Å². The van der Waals surface area contributed by atoms with E-state index in [-0.39, 0.29) is 25.0 Å². The molecule has 2 aromatic rings. The highest BCUT2D eigenvalue weighted by atomic mass is 16.5. The normalized spacial score (nSPS) is 12.2. The summed E-state index contributed by atoms with van der Waals surface area (Å²) in [5.41, 5.74) is 2.75. The molecule has 0 amide bonds. The van der Waals surface area contributed by atoms with Crippen LogP contribution in [-0.4, -0.2) is 41.7 Å². The summed E-state index contributed by atoms with van der Waals surface area (Å²) < 4.78 is 5.73. The Bertz CT molecular complexity index is 693. The monoisotopic (exact) mass is 415 g/mol. The zero-order chi connectivity index (χ0) is 21.4. The first-order chi connectivity index (χ1) is 14.7. The van der Waals surface area contributed by atoms with Gasteiger partial charge in [0.2, 0.25) is 0 Å². The van der Waals surface area contributed by atoms with Crippen LogP contribution in [-0.2, 0) is 17.8 Å². The molecule has 5 nitrogen and oxygen atoms in total. The number of aryl methyl sites for hydroxylation is 1. The number of benzene rings is 2. The first kappa shape index (κ1) is 24.4. The highest BCUT2D eigenvalue weighted by molar-refractivity contribution is 5.37. The van der Waals surface area contributed by atoms with Crippen LogP contribution < -0.4 is 5.32 Å². The summed E-state index contributed by atoms with van der Waals surface area (Å²) in [5, 5.41) is 31.9. The van der Waals surface area contributed by atoms with E-state index in [9.17, 15) is 15.3 Å². The molecule has 30 heavy (non-hydrogen) atoms. The predicted molar refractivity (Wildman–Crippen MR) is 121 cm³/mol. The second-order valence-electron chi connectivity index (χ2n) is 7.70. The topological polar surface area (TPSA) is 82.0 Å². The molecule has 0 aliphatic carbocycles. The first-order valence-corrected chi connectivity index (χ1v) is 11.1. The standard InChI is InChI=1S/C25H37NO4/c27-19-23-18-22(13-14-25(23)29)24(20-28)26-15-7-1-2-8-16-30-17-9-6-12-21-10-4-3-5-11-21/h3-5,10-11,13-14,18,24,26-29H,1-2,6-9,12,15-17,19-20H2. The number of hydrogen-bond acceptors (Lipinski definition) is 5. The molecule has 166 valence electrons. The number of phenols is 1. The van der Waals surface area contributed by atoms with E-state index < -0.39 is 0 Å². The predicted octanol–water partition coefficient (Wildman–Crippen LogP) is 4.11. The van der Waals surface area contributed by atoms with Crippen LogP contribution in [0.2, 0.25) is 0 Å². The summed E-state index contributed by atoms with van der Waals surface area (Å²) in [6, 6.07) is 15.5. The summed E-state index contributed by atoms with van der Waals surface area (Å²) >= 11 is 0. The van der Waals surface area contributed by atoms with Gasteiger partial charge in [0, 0.05) is 18.8 Å². The fraction of sp³-hybridized carbons (Fsp3) is 0.520. The molecule has 4 N–H and O–H groups in total. The number of nitrogens with one attached hydrogen (secondary N) is 1. The molecule has 0 fully saturated rings. The average molecular weight is 416 g/mol. The fourth-order valence-corrected chi connectivity index (χ4v) is 3.48. The summed E-state index contributed by atoms with van der Waals surface area (Å²) in [6.07, 6.45) is 7.79. The second kappa shape index (κ2) is 15.0. The van der Waals surface area contributed by atoms with E-state index in [0.717, 1.165) is 63.8 Å². The summed E-state index contributed by atoms with van der Waals surface area (Å²) in [7, 11) is 0. The van der Waals surface area contributed by atoms with Gasteiger partial charge in [0.05, 0.1) is 19.3 Å². The van der Waals surface area contributed by atoms with E-state index in [1.165, 1.54) is 12.0 Å². The molecule has 0 spiro atoms. The lowest BCUT2D eigenvalue weighted by Crippen LogP contribution is -2.25. The van der Waals surface area contributed by atoms with Crippen molar-refractivity contribution < 1.29 is 20.1 Å². The van der Waals surface area contributed by atoms with Gasteiger partial charge in [0.15, 0.2) is 0 Å². The lowest BCUT2D eigenvalue weighted by atomic mass is 10.0. The molecule has 5 heteroatoms. The SMILES string of the molecule is OCc1cc(C(CO)NCCCCCCOCCCCc2ccccc2)ccc1O. The van der Waals surface area contributed by atoms with Crippen molar-refractivity contribution in [2.75, 3.05) is 26.4 Å². The van der Waals surface area contributed by atoms with Crippen molar-refractivity contribution in [3.63, 3.8) is 0 Å². The van der Waals surface area contributed by atoms with Crippen LogP contribution in [0.25, 0.3) is 0 Å². The third-order valence-corrected chi connectivity index (χ3v) is 5.31. The zero-order valence-electron chi connectivity index (χ0n) is 17.9. The smallest absolute Gasteiger partial charge is 0.121 e. The third-order valence-electron chi connectivity index (χ3n) is 5.31. The lowest BCUT2D eigenvalue weighted by molar-refractivity contribution is 0.126. The molecule has 0 radical (unpaired) electrons. The maximum absolute atomic E-state index is 9.66. The minimum Gasteiger partial charge on any atom is -0.508 e. The number of hydrogen-bond donors (Lipinski definition) is 4. The molecule has 2 aromatic carbocycles. The summed E-state index contributed by atoms with van der Waals surface area (Å²) in [6.45, 7) is 2.26. The van der Waals surface area contributed by atoms with Crippen molar-refractivity contribution in [1.29, 1.82) is 0 Å². The number of aromatic hydroxyl groups is 1. The third kappa shape index (κ3) is 9.26. The van der Waals surface area contributed by atoms with Crippen molar-refractivity contribution >= 4 is 0 Å². The van der Waals surface area contributed by atoms with Gasteiger partial charge in [-0.25, -0.2) is 0 Å². The number of unbranched alkanes of at least 4 members (excludes halogenated alkanes) is 4. The molecule has 0 aliphatic heterocycles. The van der Waals surface area contributed by atoms with Crippen LogP contribution in [0.3, 0.4) is 0 Å². The Hall–Kier alpha value is -1.92. The van der Waals surface area contributed by atoms with Crippen molar-refractivity contribution in [1.82, 2.24) is 5.32 Å². The zero-order valence-corrected chi connectivity index (χ0v) is 17.9. The highest BCUT2D eigenvalue weighted by Crippen LogP contribution is 2.22. The van der Waals surface area contributed by atoms with Crippen molar-refractivity contribution in [2.45, 2.75) is 57.6 Å². The van der Waals surface area contributed by atoms with Gasteiger partial charge in [-0.1, -0.05) is 49.2 Å². The second-order valence-corrected chi connectivity index (χ2v) is 7.70. The highest BCUT2D eigenvalue weighted by Gasteiger charge is 2.11. The van der Waals surface area contributed by atoms with Crippen LogP contribution in [0.5, 0.6) is 5.75 Å². The number of ether oxygens (including phenoxy) is 1. The largest absolute Gasteiger partial charge is 0.508 e. The molecular weight excluding hydrogens is 378 g/mol. The number of aliphatic hydroxyl groups is 2. The van der Waals surface area contributed by atoms with Gasteiger partial charge in [-0.3, -0.25) is 0 Å². The minimum atomic E-state index is -0.215. The summed E-state index contributed by atoms with van der Waals surface area (Å²) in [5.74, 6) is 0.0800. The molecule has 0 aromatic heterocycles. The average Bonchev–Trinajstić information content (AvgIpc) is 2.78. The molecule has 0 aliphatic rings. The van der Waals surface area contributed by atoms with Gasteiger partial charge >= 0.3 is 0 Å². The van der Waals surface area contributed by atoms with Gasteiger partial charge in [0.1, 0.15) is 5.75 Å². The Labute approximate surface area is 180 Å². The van der Waals surface area contributed by atoms with E-state index >= 15 is 0 Å². The fourth-order valence-electron chi connectivity index (χ4n) is 3.48. The first-order valence-electron chi connectivity index (χ1n) is 11.1. The van der Waals surface area contributed by atoms with Crippen molar-refractivity contribution in [2.24, 2.45) is 0 Å². The van der Waals surface area contributed by atoms with E-state index in [0.29, 0.717) is 5.56 Å². The van der Waals surface area contributed by atoms with E-state index in [4.69, 9.17) is 4.74 Å². The Balaban J connectivity index is 1.45. The molecule has 1 atom stereocenters. The minimum absolute atomic E-state index is 0.0201. The van der Waals surface area contributed by atoms with E-state index in [1.54, 1.807) is 18.2 Å². The Kier molecular flexibility index (Phi) is 12.1. The van der Waals surface area contributed by atoms with Crippen LogP contribution in [0.4, 0.5) is 0 Å². The van der Waals surface area contributed by atoms with Crippen LogP contribution >= 0.6 is 0 Å². The van der Waals surface area contributed by atoms with Crippen LogP contribution in [0.15, 0.2) is 48.5 Å². The molecule has 1 unspecified atom stereocenters. The van der Waals surface area contributed by atoms with Gasteiger partial charge in [-0.05, 0) is 61.9 Å². The Morgan fingerprint density at radius 2 is 1.57 bits per heavy atom. The van der Waals surface area contributed by atoms with Gasteiger partial charge in [0.25, 0.3) is 0 Å². The van der Waals surface area contributed by atoms with Gasteiger partial charge < -0.3 is 25.4 Å². The molecular formula is C25H37NO4. The van der Waals surface area contributed by atoms with Gasteiger partial charge in [-0.2, -0.15) is 0 Å². The summed E-state index contributed by atoms with van der Waals surface area (Å²) in [4.78, 5) is 0.